The fourth-order valence-electron chi connectivity index (χ4n) is 2.80. The number of thioether (sulfide) groups is 1. The normalized spacial score (nSPS) is 15.1. The van der Waals surface area contributed by atoms with Gasteiger partial charge in [-0.25, -0.2) is 15.0 Å². The lowest BCUT2D eigenvalue weighted by molar-refractivity contribution is 0.592. The molecule has 8 nitrogen and oxygen atoms in total. The van der Waals surface area contributed by atoms with E-state index in [1.54, 1.807) is 34.9 Å². The van der Waals surface area contributed by atoms with Crippen LogP contribution < -0.4 is 5.32 Å². The van der Waals surface area contributed by atoms with Crippen LogP contribution in [0.4, 0.5) is 6.01 Å². The van der Waals surface area contributed by atoms with E-state index < -0.39 is 0 Å². The van der Waals surface area contributed by atoms with Crippen molar-refractivity contribution in [1.82, 2.24) is 29.7 Å². The maximum absolute atomic E-state index is 6.40. The van der Waals surface area contributed by atoms with Gasteiger partial charge in [-0.1, -0.05) is 11.6 Å². The Morgan fingerprint density at radius 1 is 1.25 bits per heavy atom. The van der Waals surface area contributed by atoms with Gasteiger partial charge in [0, 0.05) is 22.5 Å². The van der Waals surface area contributed by atoms with Gasteiger partial charge >= 0.3 is 0 Å². The predicted molar refractivity (Wildman–Crippen MR) is 107 cm³/mol. The molecule has 0 aliphatic heterocycles. The molecular formula is C18H16ClN7OS. The minimum atomic E-state index is -0.227. The van der Waals surface area contributed by atoms with Crippen LogP contribution in [0.25, 0.3) is 17.0 Å². The Labute approximate surface area is 169 Å². The Bertz CT molecular complexity index is 1130. The molecule has 1 fully saturated rings. The molecule has 0 saturated heterocycles. The molecule has 0 bridgehead atoms. The van der Waals surface area contributed by atoms with Crippen molar-refractivity contribution in [2.45, 2.75) is 36.0 Å². The number of hydrogen-bond acceptors (Lipinski definition) is 8. The first kappa shape index (κ1) is 17.4. The summed E-state index contributed by atoms with van der Waals surface area (Å²) in [4.78, 5) is 18.3. The smallest absolute Gasteiger partial charge is 0.296 e. The summed E-state index contributed by atoms with van der Waals surface area (Å²) in [5, 5.41) is 8.82. The van der Waals surface area contributed by atoms with Gasteiger partial charge in [-0.2, -0.15) is 14.8 Å². The molecule has 0 unspecified atom stereocenters. The molecule has 28 heavy (non-hydrogen) atoms. The van der Waals surface area contributed by atoms with Crippen LogP contribution in [0.15, 0.2) is 46.2 Å². The lowest BCUT2D eigenvalue weighted by atomic mass is 10.3. The molecule has 3 heterocycles. The van der Waals surface area contributed by atoms with Crippen molar-refractivity contribution < 1.29 is 4.42 Å². The highest BCUT2D eigenvalue weighted by atomic mass is 35.5. The van der Waals surface area contributed by atoms with E-state index in [0.29, 0.717) is 39.2 Å². The summed E-state index contributed by atoms with van der Waals surface area (Å²) in [6.45, 7) is 1.94. The van der Waals surface area contributed by atoms with E-state index in [9.17, 15) is 0 Å². The van der Waals surface area contributed by atoms with Crippen molar-refractivity contribution in [3.8, 4) is 5.95 Å². The van der Waals surface area contributed by atoms with Gasteiger partial charge in [-0.05, 0) is 38.0 Å². The highest BCUT2D eigenvalue weighted by molar-refractivity contribution is 8.00. The first-order valence-corrected chi connectivity index (χ1v) is 10.1. The van der Waals surface area contributed by atoms with E-state index in [1.807, 2.05) is 19.1 Å². The number of rotatable bonds is 6. The molecule has 0 spiro atoms. The second kappa shape index (κ2) is 7.06. The molecule has 10 heteroatoms. The van der Waals surface area contributed by atoms with E-state index in [-0.39, 0.29) is 6.04 Å². The second-order valence-corrected chi connectivity index (χ2v) is 8.28. The number of hydrogen-bond donors (Lipinski definition) is 1. The van der Waals surface area contributed by atoms with Crippen molar-refractivity contribution in [2.75, 3.05) is 5.32 Å². The third-order valence-corrected chi connectivity index (χ3v) is 6.12. The molecule has 142 valence electrons. The Kier molecular flexibility index (Phi) is 4.40. The number of halogens is 1. The van der Waals surface area contributed by atoms with E-state index >= 15 is 0 Å². The van der Waals surface area contributed by atoms with Gasteiger partial charge in [0.25, 0.3) is 12.0 Å². The number of anilines is 1. The minimum Gasteiger partial charge on any atom is -0.424 e. The molecule has 1 aliphatic carbocycles. The van der Waals surface area contributed by atoms with E-state index in [2.05, 4.69) is 30.4 Å². The van der Waals surface area contributed by atoms with Crippen LogP contribution in [0.5, 0.6) is 0 Å². The summed E-state index contributed by atoms with van der Waals surface area (Å²) in [6.07, 6.45) is 7.27. The van der Waals surface area contributed by atoms with Crippen LogP contribution in [0, 0.1) is 0 Å². The molecule has 1 saturated carbocycles. The number of oxazole rings is 1. The summed E-state index contributed by atoms with van der Waals surface area (Å²) in [7, 11) is 0. The van der Waals surface area contributed by atoms with Crippen molar-refractivity contribution in [2.24, 2.45) is 0 Å². The Morgan fingerprint density at radius 3 is 2.86 bits per heavy atom. The van der Waals surface area contributed by atoms with Crippen LogP contribution in [-0.2, 0) is 0 Å². The zero-order valence-corrected chi connectivity index (χ0v) is 16.5. The van der Waals surface area contributed by atoms with Crippen LogP contribution in [0.3, 0.4) is 0 Å². The first-order chi connectivity index (χ1) is 13.7. The van der Waals surface area contributed by atoms with Gasteiger partial charge in [0.15, 0.2) is 11.4 Å². The molecule has 1 atom stereocenters. The lowest BCUT2D eigenvalue weighted by Crippen LogP contribution is -2.15. The van der Waals surface area contributed by atoms with Gasteiger partial charge in [0.2, 0.25) is 0 Å². The number of nitrogens with zero attached hydrogens (tertiary/aromatic N) is 6. The third-order valence-electron chi connectivity index (χ3n) is 4.30. The summed E-state index contributed by atoms with van der Waals surface area (Å²) < 4.78 is 7.48. The fraction of sp³-hybridized carbons (Fsp3) is 0.278. The third kappa shape index (κ3) is 3.43. The van der Waals surface area contributed by atoms with E-state index in [1.165, 1.54) is 19.2 Å². The number of nitrogens with one attached hydrogen (secondary N) is 1. The Hall–Kier alpha value is -2.65. The van der Waals surface area contributed by atoms with E-state index in [0.717, 1.165) is 4.90 Å². The standard InChI is InChI=1S/C18H16ClN7OS/c1-10(16-22-9-23-26(16)17-20-5-2-6-21-17)24-18-25-13-7-12(19)15(8-14(13)27-18)28-11-3-4-11/h2,5-11H,3-4H2,1H3,(H,24,25)/t10-/m0/s1. The molecule has 1 N–H and O–H groups in total. The van der Waals surface area contributed by atoms with Crippen molar-refractivity contribution in [1.29, 1.82) is 0 Å². The molecule has 3 aromatic heterocycles. The van der Waals surface area contributed by atoms with Crippen LogP contribution in [0.1, 0.15) is 31.6 Å². The van der Waals surface area contributed by atoms with Gasteiger partial charge in [-0.3, -0.25) is 0 Å². The van der Waals surface area contributed by atoms with Gasteiger partial charge in [-0.15, -0.1) is 11.8 Å². The lowest BCUT2D eigenvalue weighted by Gasteiger charge is -2.11. The summed E-state index contributed by atoms with van der Waals surface area (Å²) in [6, 6.07) is 5.73. The number of benzene rings is 1. The molecule has 0 radical (unpaired) electrons. The highest BCUT2D eigenvalue weighted by Gasteiger charge is 2.24. The number of fused-ring (bicyclic) bond motifs is 1. The molecule has 5 rings (SSSR count). The second-order valence-electron chi connectivity index (χ2n) is 6.53. The van der Waals surface area contributed by atoms with Crippen molar-refractivity contribution >= 4 is 40.5 Å². The van der Waals surface area contributed by atoms with Crippen molar-refractivity contribution in [3.63, 3.8) is 0 Å². The largest absolute Gasteiger partial charge is 0.424 e. The molecular weight excluding hydrogens is 398 g/mol. The Morgan fingerprint density at radius 2 is 2.07 bits per heavy atom. The monoisotopic (exact) mass is 413 g/mol. The van der Waals surface area contributed by atoms with Crippen LogP contribution in [0.2, 0.25) is 5.02 Å². The fourth-order valence-corrected chi connectivity index (χ4v) is 4.17. The van der Waals surface area contributed by atoms with Crippen molar-refractivity contribution in [3.05, 3.63) is 47.8 Å². The topological polar surface area (TPSA) is 94.6 Å². The zero-order chi connectivity index (χ0) is 19.1. The predicted octanol–water partition coefficient (Wildman–Crippen LogP) is 4.28. The quantitative estimate of drug-likeness (QED) is 0.500. The first-order valence-electron chi connectivity index (χ1n) is 8.88. The minimum absolute atomic E-state index is 0.227. The van der Waals surface area contributed by atoms with Gasteiger partial charge in [0.05, 0.1) is 11.1 Å². The molecule has 0 amide bonds. The average Bonchev–Trinajstić information content (AvgIpc) is 3.22. The van der Waals surface area contributed by atoms with Crippen LogP contribution >= 0.6 is 23.4 Å². The SMILES string of the molecule is C[C@H](Nc1nc2cc(Cl)c(SC3CC3)cc2o1)c1ncnn1-c1ncccn1. The summed E-state index contributed by atoms with van der Waals surface area (Å²) in [5.41, 5.74) is 1.42. The van der Waals surface area contributed by atoms with Gasteiger partial charge < -0.3 is 9.73 Å². The van der Waals surface area contributed by atoms with Gasteiger partial charge in [0.1, 0.15) is 11.8 Å². The number of aromatic nitrogens is 6. The highest BCUT2D eigenvalue weighted by Crippen LogP contribution is 2.43. The molecule has 1 aromatic carbocycles. The van der Waals surface area contributed by atoms with E-state index in [4.69, 9.17) is 16.0 Å². The molecule has 4 aromatic rings. The summed E-state index contributed by atoms with van der Waals surface area (Å²) in [5.74, 6) is 1.10. The Balaban J connectivity index is 1.40. The summed E-state index contributed by atoms with van der Waals surface area (Å²) >= 11 is 8.20. The zero-order valence-electron chi connectivity index (χ0n) is 14.9. The molecule has 1 aliphatic rings. The maximum atomic E-state index is 6.40. The average molecular weight is 414 g/mol. The maximum Gasteiger partial charge on any atom is 0.296 e. The van der Waals surface area contributed by atoms with Crippen LogP contribution in [-0.4, -0.2) is 35.0 Å².